The van der Waals surface area contributed by atoms with Crippen molar-refractivity contribution in [1.29, 1.82) is 0 Å². The van der Waals surface area contributed by atoms with Crippen LogP contribution in [0.3, 0.4) is 0 Å². The molecule has 2 amide bonds. The van der Waals surface area contributed by atoms with Crippen LogP contribution in [0.1, 0.15) is 26.2 Å². The fourth-order valence-electron chi connectivity index (χ4n) is 2.03. The van der Waals surface area contributed by atoms with Crippen LogP contribution in [0.4, 0.5) is 22.4 Å². The van der Waals surface area contributed by atoms with Crippen molar-refractivity contribution in [2.75, 3.05) is 13.1 Å². The van der Waals surface area contributed by atoms with Gasteiger partial charge in [0, 0.05) is 6.54 Å². The van der Waals surface area contributed by atoms with E-state index in [2.05, 4.69) is 0 Å². The summed E-state index contributed by atoms with van der Waals surface area (Å²) < 4.78 is 49.4. The van der Waals surface area contributed by atoms with Gasteiger partial charge in [0.25, 0.3) is 0 Å². The molecule has 1 fully saturated rings. The number of halogens is 4. The van der Waals surface area contributed by atoms with E-state index in [-0.39, 0.29) is 13.0 Å². The van der Waals surface area contributed by atoms with E-state index in [1.807, 2.05) is 0 Å². The number of carbonyl (C=O) groups excluding carboxylic acids is 1. The molecule has 1 heterocycles. The van der Waals surface area contributed by atoms with Crippen LogP contribution in [0.2, 0.25) is 0 Å². The summed E-state index contributed by atoms with van der Waals surface area (Å²) in [4.78, 5) is 23.9. The summed E-state index contributed by atoms with van der Waals surface area (Å²) in [6.07, 6.45) is -2.60. The van der Waals surface area contributed by atoms with Crippen LogP contribution in [-0.4, -0.2) is 53.0 Å². The van der Waals surface area contributed by atoms with Gasteiger partial charge < -0.3 is 15.3 Å². The highest BCUT2D eigenvalue weighted by molar-refractivity contribution is 5.86. The van der Waals surface area contributed by atoms with E-state index in [0.29, 0.717) is 12.8 Å². The average molecular weight is 300 g/mol. The molecule has 1 unspecified atom stereocenters. The van der Waals surface area contributed by atoms with Crippen molar-refractivity contribution in [2.45, 2.75) is 44.1 Å². The quantitative estimate of drug-likeness (QED) is 0.779. The number of rotatable bonds is 4. The second-order valence-corrected chi connectivity index (χ2v) is 4.91. The van der Waals surface area contributed by atoms with E-state index in [1.54, 1.807) is 5.32 Å². The monoisotopic (exact) mass is 300 g/mol. The molecule has 0 saturated carbocycles. The number of carboxylic acids is 1. The molecule has 1 atom stereocenters. The SMILES string of the molecule is CC1(C(=O)O)CCCCN1C(=O)NCC(F)(F)C(F)F. The van der Waals surface area contributed by atoms with Gasteiger partial charge in [0.1, 0.15) is 5.54 Å². The van der Waals surface area contributed by atoms with Gasteiger partial charge in [-0.3, -0.25) is 0 Å². The fraction of sp³-hybridized carbons (Fsp3) is 0.818. The predicted octanol–water partition coefficient (Wildman–Crippen LogP) is 1.93. The van der Waals surface area contributed by atoms with E-state index in [4.69, 9.17) is 5.11 Å². The third-order valence-electron chi connectivity index (χ3n) is 3.39. The third-order valence-corrected chi connectivity index (χ3v) is 3.39. The summed E-state index contributed by atoms with van der Waals surface area (Å²) in [6.45, 7) is -0.149. The molecule has 9 heteroatoms. The van der Waals surface area contributed by atoms with Crippen molar-refractivity contribution in [1.82, 2.24) is 10.2 Å². The zero-order chi connectivity index (χ0) is 15.6. The number of nitrogens with zero attached hydrogens (tertiary/aromatic N) is 1. The van der Waals surface area contributed by atoms with Crippen LogP contribution in [0.25, 0.3) is 0 Å². The molecular formula is C11H16F4N2O3. The first-order valence-electron chi connectivity index (χ1n) is 6.06. The lowest BCUT2D eigenvalue weighted by atomic mass is 9.89. The smallest absolute Gasteiger partial charge is 0.329 e. The maximum Gasteiger partial charge on any atom is 0.329 e. The zero-order valence-corrected chi connectivity index (χ0v) is 10.8. The highest BCUT2D eigenvalue weighted by atomic mass is 19.3. The van der Waals surface area contributed by atoms with Gasteiger partial charge in [-0.2, -0.15) is 8.78 Å². The molecule has 2 N–H and O–H groups in total. The Kier molecular flexibility index (Phi) is 4.82. The number of aliphatic carboxylic acids is 1. The number of carboxylic acid groups (broad SMARTS) is 1. The van der Waals surface area contributed by atoms with Gasteiger partial charge in [0.15, 0.2) is 0 Å². The van der Waals surface area contributed by atoms with E-state index < -0.39 is 36.4 Å². The molecule has 0 radical (unpaired) electrons. The molecule has 0 aromatic carbocycles. The molecule has 5 nitrogen and oxygen atoms in total. The number of carbonyl (C=O) groups is 2. The van der Waals surface area contributed by atoms with Crippen molar-refractivity contribution in [3.8, 4) is 0 Å². The van der Waals surface area contributed by atoms with Gasteiger partial charge in [-0.25, -0.2) is 18.4 Å². The van der Waals surface area contributed by atoms with Gasteiger partial charge >= 0.3 is 24.3 Å². The maximum atomic E-state index is 12.7. The lowest BCUT2D eigenvalue weighted by Crippen LogP contribution is -2.61. The first kappa shape index (κ1) is 16.5. The first-order chi connectivity index (χ1) is 9.11. The minimum Gasteiger partial charge on any atom is -0.480 e. The van der Waals surface area contributed by atoms with Crippen molar-refractivity contribution < 1.29 is 32.3 Å². The Bertz CT molecular complexity index is 392. The second kappa shape index (κ2) is 5.84. The topological polar surface area (TPSA) is 69.6 Å². The van der Waals surface area contributed by atoms with Gasteiger partial charge in [0.05, 0.1) is 6.54 Å². The minimum absolute atomic E-state index is 0.0783. The maximum absolute atomic E-state index is 12.7. The molecule has 0 bridgehead atoms. The van der Waals surface area contributed by atoms with Crippen LogP contribution in [0.5, 0.6) is 0 Å². The Morgan fingerprint density at radius 3 is 2.50 bits per heavy atom. The minimum atomic E-state index is -4.34. The lowest BCUT2D eigenvalue weighted by molar-refractivity contribution is -0.150. The molecule has 20 heavy (non-hydrogen) atoms. The molecular weight excluding hydrogens is 284 g/mol. The fourth-order valence-corrected chi connectivity index (χ4v) is 2.03. The van der Waals surface area contributed by atoms with Gasteiger partial charge in [-0.05, 0) is 26.2 Å². The summed E-state index contributed by atoms with van der Waals surface area (Å²) in [5.41, 5.74) is -1.51. The number of hydrogen-bond acceptors (Lipinski definition) is 2. The zero-order valence-electron chi connectivity index (χ0n) is 10.8. The Morgan fingerprint density at radius 1 is 1.40 bits per heavy atom. The Hall–Kier alpha value is -1.54. The predicted molar refractivity (Wildman–Crippen MR) is 60.9 cm³/mol. The molecule has 1 saturated heterocycles. The number of alkyl halides is 4. The molecule has 1 aliphatic rings. The van der Waals surface area contributed by atoms with Crippen LogP contribution in [0.15, 0.2) is 0 Å². The lowest BCUT2D eigenvalue weighted by Gasteiger charge is -2.41. The number of piperidine rings is 1. The van der Waals surface area contributed by atoms with Crippen LogP contribution < -0.4 is 5.32 Å². The highest BCUT2D eigenvalue weighted by Gasteiger charge is 2.46. The molecule has 0 spiro atoms. The number of urea groups is 1. The first-order valence-corrected chi connectivity index (χ1v) is 6.06. The number of nitrogens with one attached hydrogen (secondary N) is 1. The van der Waals surface area contributed by atoms with Crippen molar-refractivity contribution in [3.63, 3.8) is 0 Å². The standard InChI is InChI=1S/C11H16F4N2O3/c1-10(8(18)19)4-2-3-5-17(10)9(20)16-6-11(14,15)7(12)13/h7H,2-6H2,1H3,(H,16,20)(H,18,19). The van der Waals surface area contributed by atoms with Crippen LogP contribution in [-0.2, 0) is 4.79 Å². The third kappa shape index (κ3) is 3.31. The summed E-state index contributed by atoms with van der Waals surface area (Å²) >= 11 is 0. The Labute approximate surface area is 112 Å². The Balaban J connectivity index is 2.73. The second-order valence-electron chi connectivity index (χ2n) is 4.91. The number of hydrogen-bond donors (Lipinski definition) is 2. The van der Waals surface area contributed by atoms with Crippen molar-refractivity contribution in [3.05, 3.63) is 0 Å². The van der Waals surface area contributed by atoms with E-state index in [1.165, 1.54) is 6.92 Å². The molecule has 116 valence electrons. The van der Waals surface area contributed by atoms with Crippen LogP contribution >= 0.6 is 0 Å². The highest BCUT2D eigenvalue weighted by Crippen LogP contribution is 2.28. The summed E-state index contributed by atoms with van der Waals surface area (Å²) in [7, 11) is 0. The van der Waals surface area contributed by atoms with Crippen molar-refractivity contribution >= 4 is 12.0 Å². The van der Waals surface area contributed by atoms with Gasteiger partial charge in [0.2, 0.25) is 0 Å². The summed E-state index contributed by atoms with van der Waals surface area (Å²) in [5, 5.41) is 10.8. The molecule has 0 aromatic rings. The summed E-state index contributed by atoms with van der Waals surface area (Å²) in [5.74, 6) is -5.60. The van der Waals surface area contributed by atoms with Crippen LogP contribution in [0, 0.1) is 0 Å². The largest absolute Gasteiger partial charge is 0.480 e. The normalized spacial score (nSPS) is 23.8. The molecule has 1 aliphatic heterocycles. The van der Waals surface area contributed by atoms with E-state index in [0.717, 1.165) is 4.90 Å². The van der Waals surface area contributed by atoms with Gasteiger partial charge in [-0.1, -0.05) is 0 Å². The molecule has 0 aromatic heterocycles. The molecule has 1 rings (SSSR count). The number of likely N-dealkylation sites (tertiary alicyclic amines) is 1. The summed E-state index contributed by atoms with van der Waals surface area (Å²) in [6, 6.07) is -1.07. The van der Waals surface area contributed by atoms with E-state index >= 15 is 0 Å². The van der Waals surface area contributed by atoms with Gasteiger partial charge in [-0.15, -0.1) is 0 Å². The van der Waals surface area contributed by atoms with Crippen molar-refractivity contribution in [2.24, 2.45) is 0 Å². The Morgan fingerprint density at radius 2 is 2.00 bits per heavy atom. The van der Waals surface area contributed by atoms with E-state index in [9.17, 15) is 27.2 Å². The number of amides is 2. The average Bonchev–Trinajstić information content (AvgIpc) is 2.36. The molecule has 0 aliphatic carbocycles.